The molecule has 2 fully saturated rings. The summed E-state index contributed by atoms with van der Waals surface area (Å²) in [6, 6.07) is 0. The van der Waals surface area contributed by atoms with Crippen molar-refractivity contribution in [2.24, 2.45) is 28.6 Å². The molecule has 0 aliphatic heterocycles. The summed E-state index contributed by atoms with van der Waals surface area (Å²) in [4.78, 5) is 12.4. The van der Waals surface area contributed by atoms with Gasteiger partial charge < -0.3 is 5.11 Å². The van der Waals surface area contributed by atoms with Gasteiger partial charge in [-0.15, -0.1) is 0 Å². The Labute approximate surface area is 127 Å². The first-order valence-electron chi connectivity index (χ1n) is 8.58. The lowest BCUT2D eigenvalue weighted by atomic mass is 9.49. The number of carbonyl (C=O) groups is 1. The van der Waals surface area contributed by atoms with Crippen LogP contribution in [0.1, 0.15) is 58.8 Å². The molecule has 0 heterocycles. The number of hydrogen-bond acceptors (Lipinski definition) is 2. The maximum Gasteiger partial charge on any atom is 0.139 e. The van der Waals surface area contributed by atoms with Gasteiger partial charge in [0.05, 0.1) is 5.76 Å². The Morgan fingerprint density at radius 1 is 1.10 bits per heavy atom. The van der Waals surface area contributed by atoms with Gasteiger partial charge in [0, 0.05) is 18.3 Å². The van der Waals surface area contributed by atoms with Crippen LogP contribution in [0.4, 0.5) is 0 Å². The van der Waals surface area contributed by atoms with Crippen LogP contribution < -0.4 is 0 Å². The normalized spacial score (nSPS) is 48.9. The van der Waals surface area contributed by atoms with Crippen LogP contribution in [-0.4, -0.2) is 10.9 Å². The second kappa shape index (κ2) is 4.24. The molecule has 4 rings (SSSR count). The summed E-state index contributed by atoms with van der Waals surface area (Å²) in [7, 11) is 0. The van der Waals surface area contributed by atoms with Gasteiger partial charge in [0.15, 0.2) is 0 Å². The lowest BCUT2D eigenvalue weighted by Crippen LogP contribution is -2.49. The first kappa shape index (κ1) is 13.6. The standard InChI is InChI=1S/C19H26O2/c1-18-9-7-13(20)11-12(18)3-4-14-15-5-6-17(21)19(15,2)10-8-16(14)18/h3,11,14-16,20H,4-10H2,1-2H3/t14-,15-,16-,18-,19-/m0/s1. The lowest BCUT2D eigenvalue weighted by molar-refractivity contribution is -0.131. The van der Waals surface area contributed by atoms with Gasteiger partial charge >= 0.3 is 0 Å². The van der Waals surface area contributed by atoms with Crippen molar-refractivity contribution in [3.05, 3.63) is 23.5 Å². The average molecular weight is 286 g/mol. The van der Waals surface area contributed by atoms with Gasteiger partial charge in [-0.1, -0.05) is 19.9 Å². The van der Waals surface area contributed by atoms with Gasteiger partial charge in [-0.2, -0.15) is 0 Å². The number of Topliss-reactive ketones (excluding diaryl/α,β-unsaturated/α-hetero) is 1. The molecule has 0 aromatic heterocycles. The monoisotopic (exact) mass is 286 g/mol. The van der Waals surface area contributed by atoms with Crippen molar-refractivity contribution in [1.82, 2.24) is 0 Å². The summed E-state index contributed by atoms with van der Waals surface area (Å²) in [5, 5.41) is 9.86. The molecule has 0 amide bonds. The highest BCUT2D eigenvalue weighted by molar-refractivity contribution is 5.87. The minimum absolute atomic E-state index is 0.0322. The molecule has 2 nitrogen and oxygen atoms in total. The van der Waals surface area contributed by atoms with Crippen LogP contribution in [0, 0.1) is 28.6 Å². The van der Waals surface area contributed by atoms with Crippen LogP contribution >= 0.6 is 0 Å². The van der Waals surface area contributed by atoms with E-state index in [1.807, 2.05) is 6.08 Å². The van der Waals surface area contributed by atoms with Gasteiger partial charge in [-0.25, -0.2) is 0 Å². The molecule has 0 aromatic carbocycles. The number of carbonyl (C=O) groups excluding carboxylic acids is 1. The number of hydrogen-bond donors (Lipinski definition) is 1. The first-order chi connectivity index (χ1) is 9.95. The predicted molar refractivity (Wildman–Crippen MR) is 82.8 cm³/mol. The van der Waals surface area contributed by atoms with Crippen molar-refractivity contribution >= 4 is 5.78 Å². The zero-order chi connectivity index (χ0) is 14.8. The Hall–Kier alpha value is -1.05. The van der Waals surface area contributed by atoms with E-state index >= 15 is 0 Å². The quantitative estimate of drug-likeness (QED) is 0.708. The van der Waals surface area contributed by atoms with Crippen LogP contribution in [0.25, 0.3) is 0 Å². The lowest BCUT2D eigenvalue weighted by Gasteiger charge is -2.55. The Bertz CT molecular complexity index is 558. The topological polar surface area (TPSA) is 37.3 Å². The van der Waals surface area contributed by atoms with E-state index in [1.165, 1.54) is 12.0 Å². The number of aliphatic hydroxyl groups excluding tert-OH is 1. The highest BCUT2D eigenvalue weighted by Gasteiger charge is 2.58. The van der Waals surface area contributed by atoms with E-state index in [0.717, 1.165) is 38.5 Å². The molecule has 0 spiro atoms. The van der Waals surface area contributed by atoms with Gasteiger partial charge in [0.2, 0.25) is 0 Å². The van der Waals surface area contributed by atoms with Crippen LogP contribution in [0.15, 0.2) is 23.5 Å². The van der Waals surface area contributed by atoms with Crippen molar-refractivity contribution in [3.63, 3.8) is 0 Å². The second-order valence-electron chi connectivity index (χ2n) is 8.24. The third-order valence-electron chi connectivity index (χ3n) is 7.46. The summed E-state index contributed by atoms with van der Waals surface area (Å²) in [5.41, 5.74) is 1.55. The number of allylic oxidation sites excluding steroid dienone is 4. The van der Waals surface area contributed by atoms with Crippen LogP contribution in [0.3, 0.4) is 0 Å². The highest BCUT2D eigenvalue weighted by atomic mass is 16.3. The molecule has 4 aliphatic rings. The van der Waals surface area contributed by atoms with E-state index in [9.17, 15) is 9.90 Å². The molecule has 2 heteroatoms. The molecule has 0 aromatic rings. The average Bonchev–Trinajstić information content (AvgIpc) is 2.76. The first-order valence-corrected chi connectivity index (χ1v) is 8.58. The molecule has 4 aliphatic carbocycles. The van der Waals surface area contributed by atoms with Crippen LogP contribution in [0.5, 0.6) is 0 Å². The fourth-order valence-corrected chi connectivity index (χ4v) is 6.08. The molecule has 0 radical (unpaired) electrons. The Kier molecular flexibility index (Phi) is 2.75. The summed E-state index contributed by atoms with van der Waals surface area (Å²) < 4.78 is 0. The predicted octanol–water partition coefficient (Wildman–Crippen LogP) is 4.57. The number of fused-ring (bicyclic) bond motifs is 5. The van der Waals surface area contributed by atoms with Crippen molar-refractivity contribution in [1.29, 1.82) is 0 Å². The third-order valence-corrected chi connectivity index (χ3v) is 7.46. The van der Waals surface area contributed by atoms with Crippen molar-refractivity contribution in [2.45, 2.75) is 58.8 Å². The largest absolute Gasteiger partial charge is 0.512 e. The molecular formula is C19H26O2. The van der Waals surface area contributed by atoms with Crippen molar-refractivity contribution < 1.29 is 9.90 Å². The maximum absolute atomic E-state index is 12.4. The minimum atomic E-state index is -0.0322. The number of ketones is 1. The van der Waals surface area contributed by atoms with Crippen molar-refractivity contribution in [3.8, 4) is 0 Å². The van der Waals surface area contributed by atoms with E-state index < -0.39 is 0 Å². The summed E-state index contributed by atoms with van der Waals surface area (Å²) >= 11 is 0. The molecule has 21 heavy (non-hydrogen) atoms. The smallest absolute Gasteiger partial charge is 0.139 e. The molecule has 5 atom stereocenters. The fraction of sp³-hybridized carbons (Fsp3) is 0.737. The number of rotatable bonds is 0. The van der Waals surface area contributed by atoms with E-state index in [2.05, 4.69) is 19.9 Å². The van der Waals surface area contributed by atoms with Crippen LogP contribution in [-0.2, 0) is 4.79 Å². The molecule has 2 saturated carbocycles. The minimum Gasteiger partial charge on any atom is -0.512 e. The molecular weight excluding hydrogens is 260 g/mol. The maximum atomic E-state index is 12.4. The highest BCUT2D eigenvalue weighted by Crippen LogP contribution is 2.63. The molecule has 1 N–H and O–H groups in total. The van der Waals surface area contributed by atoms with E-state index in [1.54, 1.807) is 0 Å². The summed E-state index contributed by atoms with van der Waals surface area (Å²) in [6.07, 6.45) is 11.6. The van der Waals surface area contributed by atoms with E-state index in [-0.39, 0.29) is 10.8 Å². The van der Waals surface area contributed by atoms with Gasteiger partial charge in [-0.05, 0) is 66.9 Å². The summed E-state index contributed by atoms with van der Waals surface area (Å²) in [6.45, 7) is 4.63. The molecule has 0 bridgehead atoms. The molecule has 114 valence electrons. The van der Waals surface area contributed by atoms with E-state index in [4.69, 9.17) is 0 Å². The van der Waals surface area contributed by atoms with Gasteiger partial charge in [0.1, 0.15) is 5.78 Å². The van der Waals surface area contributed by atoms with Crippen molar-refractivity contribution in [2.75, 3.05) is 0 Å². The van der Waals surface area contributed by atoms with Gasteiger partial charge in [-0.3, -0.25) is 4.79 Å². The Morgan fingerprint density at radius 2 is 1.86 bits per heavy atom. The number of aliphatic hydroxyl groups is 1. The van der Waals surface area contributed by atoms with E-state index in [0.29, 0.717) is 29.3 Å². The zero-order valence-corrected chi connectivity index (χ0v) is 13.2. The fourth-order valence-electron chi connectivity index (χ4n) is 6.08. The van der Waals surface area contributed by atoms with Gasteiger partial charge in [0.25, 0.3) is 0 Å². The molecule has 0 unspecified atom stereocenters. The summed E-state index contributed by atoms with van der Waals surface area (Å²) in [5.74, 6) is 3.04. The Balaban J connectivity index is 1.73. The zero-order valence-electron chi connectivity index (χ0n) is 13.2. The third kappa shape index (κ3) is 1.68. The molecule has 0 saturated heterocycles. The SMILES string of the molecule is C[C@]12CCC(O)=CC1=CC[C@@H]1[C@@H]2CC[C@]2(C)C(=O)CC[C@@H]12. The second-order valence-corrected chi connectivity index (χ2v) is 8.24. The Morgan fingerprint density at radius 3 is 2.67 bits per heavy atom. The van der Waals surface area contributed by atoms with Crippen LogP contribution in [0.2, 0.25) is 0 Å².